The first-order valence-electron chi connectivity index (χ1n) is 7.23. The maximum absolute atomic E-state index is 11.8. The molecule has 118 valence electrons. The Morgan fingerprint density at radius 1 is 1.27 bits per heavy atom. The molecule has 1 heterocycles. The Morgan fingerprint density at radius 2 is 2.05 bits per heavy atom. The van der Waals surface area contributed by atoms with E-state index in [2.05, 4.69) is 10.6 Å². The van der Waals surface area contributed by atoms with Crippen molar-refractivity contribution in [3.05, 3.63) is 24.3 Å². The number of aliphatic carboxylic acids is 1. The van der Waals surface area contributed by atoms with Crippen molar-refractivity contribution in [2.45, 2.75) is 25.7 Å². The standard InChI is InChI=1S/C15H19N3O4/c19-13(6-1-2-7-14(20)21)17-11-4-3-5-12(10-11)18-9-8-16-15(18)22/h3-5,10H,1-2,6-9H2,(H,16,22)(H,17,19)(H,20,21). The fourth-order valence-electron chi connectivity index (χ4n) is 2.25. The summed E-state index contributed by atoms with van der Waals surface area (Å²) >= 11 is 0. The Kier molecular flexibility index (Phi) is 5.35. The number of hydrogen-bond acceptors (Lipinski definition) is 3. The van der Waals surface area contributed by atoms with Gasteiger partial charge in [-0.1, -0.05) is 6.07 Å². The molecule has 0 aliphatic carbocycles. The molecule has 0 saturated carbocycles. The van der Waals surface area contributed by atoms with Crippen LogP contribution in [0.5, 0.6) is 0 Å². The highest BCUT2D eigenvalue weighted by atomic mass is 16.4. The normalized spacial score (nSPS) is 13.8. The van der Waals surface area contributed by atoms with Crippen molar-refractivity contribution in [3.8, 4) is 0 Å². The van der Waals surface area contributed by atoms with Crippen molar-refractivity contribution in [2.24, 2.45) is 0 Å². The lowest BCUT2D eigenvalue weighted by molar-refractivity contribution is -0.137. The van der Waals surface area contributed by atoms with Gasteiger partial charge in [0.1, 0.15) is 0 Å². The fourth-order valence-corrected chi connectivity index (χ4v) is 2.25. The molecule has 0 spiro atoms. The molecule has 1 aromatic carbocycles. The molecule has 1 aliphatic heterocycles. The van der Waals surface area contributed by atoms with Gasteiger partial charge >= 0.3 is 12.0 Å². The topological polar surface area (TPSA) is 98.7 Å². The van der Waals surface area contributed by atoms with Gasteiger partial charge in [-0.25, -0.2) is 4.79 Å². The van der Waals surface area contributed by atoms with Gasteiger partial charge in [-0.15, -0.1) is 0 Å². The van der Waals surface area contributed by atoms with Crippen LogP contribution in [0.4, 0.5) is 16.2 Å². The Bertz CT molecular complexity index is 574. The number of amides is 3. The third-order valence-corrected chi connectivity index (χ3v) is 3.34. The van der Waals surface area contributed by atoms with Crippen molar-refractivity contribution in [1.29, 1.82) is 0 Å². The van der Waals surface area contributed by atoms with Crippen LogP contribution >= 0.6 is 0 Å². The smallest absolute Gasteiger partial charge is 0.321 e. The van der Waals surface area contributed by atoms with Gasteiger partial charge in [0.05, 0.1) is 0 Å². The van der Waals surface area contributed by atoms with Gasteiger partial charge in [-0.05, 0) is 31.0 Å². The quantitative estimate of drug-likeness (QED) is 0.669. The first-order valence-corrected chi connectivity index (χ1v) is 7.23. The fraction of sp³-hybridized carbons (Fsp3) is 0.400. The number of carboxylic acid groups (broad SMARTS) is 1. The van der Waals surface area contributed by atoms with E-state index in [-0.39, 0.29) is 24.8 Å². The van der Waals surface area contributed by atoms with Crippen LogP contribution in [-0.4, -0.2) is 36.1 Å². The second-order valence-corrected chi connectivity index (χ2v) is 5.08. The molecule has 7 heteroatoms. The Labute approximate surface area is 128 Å². The van der Waals surface area contributed by atoms with E-state index >= 15 is 0 Å². The van der Waals surface area contributed by atoms with Crippen molar-refractivity contribution in [1.82, 2.24) is 5.32 Å². The molecule has 1 fully saturated rings. The maximum Gasteiger partial charge on any atom is 0.321 e. The Morgan fingerprint density at radius 3 is 2.73 bits per heavy atom. The third-order valence-electron chi connectivity index (χ3n) is 3.34. The summed E-state index contributed by atoms with van der Waals surface area (Å²) in [6.07, 6.45) is 1.37. The first-order chi connectivity index (χ1) is 10.6. The molecule has 0 atom stereocenters. The second-order valence-electron chi connectivity index (χ2n) is 5.08. The average Bonchev–Trinajstić information content (AvgIpc) is 2.90. The summed E-state index contributed by atoms with van der Waals surface area (Å²) < 4.78 is 0. The number of carbonyl (C=O) groups excluding carboxylic acids is 2. The summed E-state index contributed by atoms with van der Waals surface area (Å²) in [6, 6.07) is 6.96. The van der Waals surface area contributed by atoms with Crippen LogP contribution < -0.4 is 15.5 Å². The minimum absolute atomic E-state index is 0.0762. The van der Waals surface area contributed by atoms with Crippen molar-refractivity contribution < 1.29 is 19.5 Å². The number of benzene rings is 1. The van der Waals surface area contributed by atoms with Gasteiger partial charge in [0, 0.05) is 37.3 Å². The number of carbonyl (C=O) groups is 3. The molecule has 7 nitrogen and oxygen atoms in total. The SMILES string of the molecule is O=C(O)CCCCC(=O)Nc1cccc(N2CCNC2=O)c1. The van der Waals surface area contributed by atoms with Gasteiger partial charge in [0.15, 0.2) is 0 Å². The van der Waals surface area contributed by atoms with Crippen molar-refractivity contribution in [3.63, 3.8) is 0 Å². The van der Waals surface area contributed by atoms with Crippen LogP contribution in [0.1, 0.15) is 25.7 Å². The van der Waals surface area contributed by atoms with E-state index in [9.17, 15) is 14.4 Å². The number of unbranched alkanes of at least 4 members (excludes halogenated alkanes) is 1. The number of hydrogen-bond donors (Lipinski definition) is 3. The van der Waals surface area contributed by atoms with Crippen molar-refractivity contribution >= 4 is 29.3 Å². The average molecular weight is 305 g/mol. The lowest BCUT2D eigenvalue weighted by atomic mass is 10.2. The molecule has 0 bridgehead atoms. The van der Waals surface area contributed by atoms with Gasteiger partial charge in [-0.3, -0.25) is 14.5 Å². The van der Waals surface area contributed by atoms with E-state index in [4.69, 9.17) is 5.11 Å². The molecule has 0 unspecified atom stereocenters. The zero-order valence-corrected chi connectivity index (χ0v) is 12.2. The van der Waals surface area contributed by atoms with Crippen LogP contribution in [0.15, 0.2) is 24.3 Å². The van der Waals surface area contributed by atoms with E-state index in [1.807, 2.05) is 6.07 Å². The number of urea groups is 1. The summed E-state index contributed by atoms with van der Waals surface area (Å²) in [5, 5.41) is 14.0. The minimum Gasteiger partial charge on any atom is -0.481 e. The highest BCUT2D eigenvalue weighted by Gasteiger charge is 2.21. The summed E-state index contributed by atoms with van der Waals surface area (Å²) in [5.41, 5.74) is 1.36. The molecular weight excluding hydrogens is 286 g/mol. The van der Waals surface area contributed by atoms with Gasteiger partial charge < -0.3 is 15.7 Å². The first kappa shape index (κ1) is 15.8. The molecule has 3 amide bonds. The van der Waals surface area contributed by atoms with Crippen LogP contribution in [0.2, 0.25) is 0 Å². The van der Waals surface area contributed by atoms with E-state index in [1.54, 1.807) is 23.1 Å². The van der Waals surface area contributed by atoms with Crippen LogP contribution in [0.25, 0.3) is 0 Å². The van der Waals surface area contributed by atoms with E-state index in [0.717, 1.165) is 5.69 Å². The molecule has 1 aromatic rings. The Hall–Kier alpha value is -2.57. The molecule has 1 aliphatic rings. The number of nitrogens with zero attached hydrogens (tertiary/aromatic N) is 1. The zero-order chi connectivity index (χ0) is 15.9. The maximum atomic E-state index is 11.8. The summed E-state index contributed by atoms with van der Waals surface area (Å²) in [7, 11) is 0. The van der Waals surface area contributed by atoms with E-state index in [1.165, 1.54) is 0 Å². The Balaban J connectivity index is 1.86. The zero-order valence-electron chi connectivity index (χ0n) is 12.2. The van der Waals surface area contributed by atoms with E-state index < -0.39 is 5.97 Å². The minimum atomic E-state index is -0.850. The van der Waals surface area contributed by atoms with Gasteiger partial charge in [-0.2, -0.15) is 0 Å². The highest BCUT2D eigenvalue weighted by Crippen LogP contribution is 2.21. The molecule has 3 N–H and O–H groups in total. The molecule has 2 rings (SSSR count). The monoisotopic (exact) mass is 305 g/mol. The van der Waals surface area contributed by atoms with E-state index in [0.29, 0.717) is 31.6 Å². The summed E-state index contributed by atoms with van der Waals surface area (Å²) in [6.45, 7) is 1.21. The second kappa shape index (κ2) is 7.44. The lowest BCUT2D eigenvalue weighted by Gasteiger charge is -2.15. The highest BCUT2D eigenvalue weighted by molar-refractivity contribution is 5.96. The van der Waals surface area contributed by atoms with Crippen LogP contribution in [-0.2, 0) is 9.59 Å². The molecule has 0 radical (unpaired) electrons. The van der Waals surface area contributed by atoms with Crippen molar-refractivity contribution in [2.75, 3.05) is 23.3 Å². The summed E-state index contributed by atoms with van der Waals surface area (Å²) in [5.74, 6) is -1.01. The number of anilines is 2. The molecule has 22 heavy (non-hydrogen) atoms. The van der Waals surface area contributed by atoms with Gasteiger partial charge in [0.2, 0.25) is 5.91 Å². The molecule has 1 saturated heterocycles. The third kappa shape index (κ3) is 4.47. The number of nitrogens with one attached hydrogen (secondary N) is 2. The molecule has 0 aromatic heterocycles. The number of rotatable bonds is 7. The van der Waals surface area contributed by atoms with Crippen LogP contribution in [0.3, 0.4) is 0 Å². The number of carboxylic acids is 1. The summed E-state index contributed by atoms with van der Waals surface area (Å²) in [4.78, 5) is 35.4. The largest absolute Gasteiger partial charge is 0.481 e. The predicted octanol–water partition coefficient (Wildman–Crippen LogP) is 1.80. The van der Waals surface area contributed by atoms with Crippen LogP contribution in [0, 0.1) is 0 Å². The molecular formula is C15H19N3O4. The van der Waals surface area contributed by atoms with Gasteiger partial charge in [0.25, 0.3) is 0 Å². The lowest BCUT2D eigenvalue weighted by Crippen LogP contribution is -2.27. The predicted molar refractivity (Wildman–Crippen MR) is 81.9 cm³/mol.